The number of nitrogens with zero attached hydrogens (tertiary/aromatic N) is 1. The number of methoxy groups -OCH3 is 1. The van der Waals surface area contributed by atoms with Gasteiger partial charge in [-0.1, -0.05) is 0 Å². The first kappa shape index (κ1) is 15.7. The van der Waals surface area contributed by atoms with Gasteiger partial charge in [-0.3, -0.25) is 0 Å². The maximum absolute atomic E-state index is 12.4. The van der Waals surface area contributed by atoms with Crippen molar-refractivity contribution in [2.75, 3.05) is 12.8 Å². The molecule has 0 atom stereocenters. The fraction of sp³-hybridized carbons (Fsp3) is 0.308. The average Bonchev–Trinajstić information content (AvgIpc) is 2.85. The minimum atomic E-state index is -3.72. The lowest BCUT2D eigenvalue weighted by Crippen LogP contribution is -2.24. The minimum Gasteiger partial charge on any atom is -0.495 e. The number of ether oxygens (including phenoxy) is 1. The van der Waals surface area contributed by atoms with Gasteiger partial charge in [0.15, 0.2) is 0 Å². The highest BCUT2D eigenvalue weighted by atomic mass is 32.2. The van der Waals surface area contributed by atoms with Crippen LogP contribution in [0.15, 0.2) is 22.4 Å². The van der Waals surface area contributed by atoms with Gasteiger partial charge in [-0.2, -0.15) is 0 Å². The number of aryl methyl sites for hydroxylation is 2. The zero-order valence-corrected chi connectivity index (χ0v) is 13.6. The molecule has 1 aromatic carbocycles. The Morgan fingerprint density at radius 3 is 2.67 bits per heavy atom. The van der Waals surface area contributed by atoms with Crippen molar-refractivity contribution in [3.8, 4) is 5.75 Å². The molecule has 0 amide bonds. The lowest BCUT2D eigenvalue weighted by molar-refractivity contribution is 0.402. The van der Waals surface area contributed by atoms with Crippen LogP contribution in [-0.4, -0.2) is 20.5 Å². The van der Waals surface area contributed by atoms with Crippen LogP contribution in [-0.2, 0) is 16.6 Å². The molecular formula is C13H17N3O3S2. The number of rotatable bonds is 5. The summed E-state index contributed by atoms with van der Waals surface area (Å²) in [5.41, 5.74) is 7.64. The van der Waals surface area contributed by atoms with E-state index in [1.54, 1.807) is 13.0 Å². The summed E-state index contributed by atoms with van der Waals surface area (Å²) in [7, 11) is -2.30. The Bertz CT molecular complexity index is 754. The van der Waals surface area contributed by atoms with Crippen molar-refractivity contribution in [1.82, 2.24) is 9.71 Å². The van der Waals surface area contributed by atoms with Crippen molar-refractivity contribution in [2.24, 2.45) is 0 Å². The van der Waals surface area contributed by atoms with E-state index in [0.29, 0.717) is 11.4 Å². The number of nitrogens with one attached hydrogen (secondary N) is 1. The molecular weight excluding hydrogens is 310 g/mol. The zero-order valence-electron chi connectivity index (χ0n) is 12.0. The van der Waals surface area contributed by atoms with Crippen molar-refractivity contribution in [3.05, 3.63) is 33.8 Å². The van der Waals surface area contributed by atoms with Crippen molar-refractivity contribution in [3.63, 3.8) is 0 Å². The highest BCUT2D eigenvalue weighted by Crippen LogP contribution is 2.28. The second-order valence-electron chi connectivity index (χ2n) is 4.54. The summed E-state index contributed by atoms with van der Waals surface area (Å²) >= 11 is 1.47. The Morgan fingerprint density at radius 2 is 2.10 bits per heavy atom. The molecule has 21 heavy (non-hydrogen) atoms. The summed E-state index contributed by atoms with van der Waals surface area (Å²) in [6, 6.07) is 3.01. The predicted octanol–water partition coefficient (Wildman–Crippen LogP) is 1.83. The first-order valence-electron chi connectivity index (χ1n) is 6.18. The number of hydrogen-bond donors (Lipinski definition) is 2. The van der Waals surface area contributed by atoms with Crippen molar-refractivity contribution >= 4 is 27.0 Å². The molecule has 1 heterocycles. The van der Waals surface area contributed by atoms with E-state index in [9.17, 15) is 8.42 Å². The number of aromatic nitrogens is 1. The number of thiazole rings is 1. The first-order valence-corrected chi connectivity index (χ1v) is 8.54. The molecule has 0 fully saturated rings. The van der Waals surface area contributed by atoms with Gasteiger partial charge in [0.25, 0.3) is 0 Å². The molecule has 2 aromatic rings. The molecule has 6 nitrogen and oxygen atoms in total. The van der Waals surface area contributed by atoms with Gasteiger partial charge in [-0.25, -0.2) is 18.1 Å². The maximum atomic E-state index is 12.4. The van der Waals surface area contributed by atoms with Crippen LogP contribution in [0.25, 0.3) is 0 Å². The predicted molar refractivity (Wildman–Crippen MR) is 83.0 cm³/mol. The van der Waals surface area contributed by atoms with Crippen LogP contribution in [0.5, 0.6) is 5.75 Å². The highest BCUT2D eigenvalue weighted by Gasteiger charge is 2.21. The van der Waals surface area contributed by atoms with E-state index in [-0.39, 0.29) is 17.2 Å². The normalized spacial score (nSPS) is 11.6. The van der Waals surface area contributed by atoms with Crippen LogP contribution in [0.2, 0.25) is 0 Å². The number of hydrogen-bond acceptors (Lipinski definition) is 6. The highest BCUT2D eigenvalue weighted by molar-refractivity contribution is 7.89. The van der Waals surface area contributed by atoms with E-state index in [4.69, 9.17) is 10.5 Å². The third-order valence-electron chi connectivity index (χ3n) is 2.95. The average molecular weight is 327 g/mol. The summed E-state index contributed by atoms with van der Waals surface area (Å²) in [6.07, 6.45) is 0. The van der Waals surface area contributed by atoms with Gasteiger partial charge >= 0.3 is 0 Å². The molecule has 0 bridgehead atoms. The molecule has 0 spiro atoms. The summed E-state index contributed by atoms with van der Waals surface area (Å²) in [5.74, 6) is 0.267. The number of anilines is 1. The van der Waals surface area contributed by atoms with Gasteiger partial charge in [0.05, 0.1) is 24.4 Å². The lowest BCUT2D eigenvalue weighted by Gasteiger charge is -2.12. The van der Waals surface area contributed by atoms with Crippen molar-refractivity contribution < 1.29 is 13.2 Å². The monoisotopic (exact) mass is 327 g/mol. The van der Waals surface area contributed by atoms with Gasteiger partial charge in [-0.15, -0.1) is 11.3 Å². The van der Waals surface area contributed by atoms with Gasteiger partial charge in [-0.05, 0) is 31.5 Å². The smallest absolute Gasteiger partial charge is 0.244 e. The fourth-order valence-corrected chi connectivity index (χ4v) is 3.58. The standard InChI is InChI=1S/C13H17N3O3S2/c1-8-4-12(19-3)13(5-11(8)14)21(17,18)15-6-10-7-20-9(2)16-10/h4-5,7,15H,6,14H2,1-3H3. The number of benzene rings is 1. The Kier molecular flexibility index (Phi) is 4.50. The van der Waals surface area contributed by atoms with Crippen LogP contribution in [0.4, 0.5) is 5.69 Å². The molecule has 0 aliphatic carbocycles. The molecule has 0 aliphatic heterocycles. The summed E-state index contributed by atoms with van der Waals surface area (Å²) in [5, 5.41) is 2.71. The molecule has 0 radical (unpaired) electrons. The SMILES string of the molecule is COc1cc(C)c(N)cc1S(=O)(=O)NCc1csc(C)n1. The maximum Gasteiger partial charge on any atom is 0.244 e. The Balaban J connectivity index is 2.28. The van der Waals surface area contributed by atoms with Crippen molar-refractivity contribution in [1.29, 1.82) is 0 Å². The van der Waals surface area contributed by atoms with E-state index in [0.717, 1.165) is 10.6 Å². The molecule has 114 valence electrons. The number of nitrogens with two attached hydrogens (primary N) is 1. The summed E-state index contributed by atoms with van der Waals surface area (Å²) in [6.45, 7) is 3.79. The van der Waals surface area contributed by atoms with E-state index in [2.05, 4.69) is 9.71 Å². The topological polar surface area (TPSA) is 94.3 Å². The number of sulfonamides is 1. The van der Waals surface area contributed by atoms with Crippen LogP contribution in [0.1, 0.15) is 16.3 Å². The van der Waals surface area contributed by atoms with Gasteiger partial charge in [0.2, 0.25) is 10.0 Å². The van der Waals surface area contributed by atoms with Crippen LogP contribution >= 0.6 is 11.3 Å². The lowest BCUT2D eigenvalue weighted by atomic mass is 10.2. The second kappa shape index (κ2) is 6.00. The zero-order chi connectivity index (χ0) is 15.6. The molecule has 2 rings (SSSR count). The Labute approximate surface area is 128 Å². The number of nitrogen functional groups attached to an aromatic ring is 1. The van der Waals surface area contributed by atoms with Crippen LogP contribution < -0.4 is 15.2 Å². The van der Waals surface area contributed by atoms with E-state index < -0.39 is 10.0 Å². The Morgan fingerprint density at radius 1 is 1.38 bits per heavy atom. The molecule has 1 aromatic heterocycles. The van der Waals surface area contributed by atoms with Crippen LogP contribution in [0.3, 0.4) is 0 Å². The summed E-state index contributed by atoms with van der Waals surface area (Å²) < 4.78 is 32.4. The van der Waals surface area contributed by atoms with Gasteiger partial charge in [0, 0.05) is 11.1 Å². The first-order chi connectivity index (χ1) is 9.83. The molecule has 0 saturated heterocycles. The van der Waals surface area contributed by atoms with E-state index in [1.165, 1.54) is 24.5 Å². The molecule has 8 heteroatoms. The minimum absolute atomic E-state index is 0.0278. The molecule has 0 aliphatic rings. The third-order valence-corrected chi connectivity index (χ3v) is 5.20. The Hall–Kier alpha value is -1.64. The fourth-order valence-electron chi connectivity index (χ4n) is 1.78. The molecule has 0 saturated carbocycles. The summed E-state index contributed by atoms with van der Waals surface area (Å²) in [4.78, 5) is 4.25. The van der Waals surface area contributed by atoms with Gasteiger partial charge < -0.3 is 10.5 Å². The van der Waals surface area contributed by atoms with E-state index >= 15 is 0 Å². The van der Waals surface area contributed by atoms with Crippen LogP contribution in [0, 0.1) is 13.8 Å². The van der Waals surface area contributed by atoms with E-state index in [1.807, 2.05) is 12.3 Å². The van der Waals surface area contributed by atoms with Gasteiger partial charge in [0.1, 0.15) is 10.6 Å². The molecule has 3 N–H and O–H groups in total. The second-order valence-corrected chi connectivity index (χ2v) is 7.34. The third kappa shape index (κ3) is 3.52. The molecule has 0 unspecified atom stereocenters. The largest absolute Gasteiger partial charge is 0.495 e. The quantitative estimate of drug-likeness (QED) is 0.817. The van der Waals surface area contributed by atoms with Crippen molar-refractivity contribution in [2.45, 2.75) is 25.3 Å².